The molecule has 0 fully saturated rings. The third kappa shape index (κ3) is 4.69. The molecule has 0 amide bonds. The van der Waals surface area contributed by atoms with Crippen LogP contribution in [0, 0.1) is 0 Å². The van der Waals surface area contributed by atoms with Gasteiger partial charge in [-0.1, -0.05) is 12.1 Å². The minimum Gasteiger partial charge on any atom is -0.387 e. The number of rotatable bonds is 8. The van der Waals surface area contributed by atoms with Crippen LogP contribution in [0.4, 0.5) is 0 Å². The highest BCUT2D eigenvalue weighted by atomic mass is 32.2. The molecule has 156 valence electrons. The van der Waals surface area contributed by atoms with Gasteiger partial charge in [0.15, 0.2) is 0 Å². The van der Waals surface area contributed by atoms with Gasteiger partial charge in [-0.3, -0.25) is 4.98 Å². The quantitative estimate of drug-likeness (QED) is 0.390. The Morgan fingerprint density at radius 2 is 1.90 bits per heavy atom. The monoisotopic (exact) mass is 441 g/mol. The van der Waals surface area contributed by atoms with E-state index < -0.39 is 16.1 Å². The van der Waals surface area contributed by atoms with E-state index in [1.807, 2.05) is 29.6 Å². The number of hydrogen-bond donors (Lipinski definition) is 3. The highest BCUT2D eigenvalue weighted by Gasteiger charge is 2.18. The van der Waals surface area contributed by atoms with Crippen molar-refractivity contribution in [2.45, 2.75) is 24.0 Å². The van der Waals surface area contributed by atoms with Gasteiger partial charge in [0.1, 0.15) is 0 Å². The maximum absolute atomic E-state index is 12.7. The second-order valence-corrected chi connectivity index (χ2v) is 9.96. The summed E-state index contributed by atoms with van der Waals surface area (Å²) in [7, 11) is -3.64. The van der Waals surface area contributed by atoms with Crippen LogP contribution in [0.25, 0.3) is 20.9 Å². The first-order valence-electron chi connectivity index (χ1n) is 9.64. The largest absolute Gasteiger partial charge is 0.387 e. The Morgan fingerprint density at radius 1 is 1.03 bits per heavy atom. The van der Waals surface area contributed by atoms with Crippen LogP contribution in [0.1, 0.15) is 18.6 Å². The van der Waals surface area contributed by atoms with Crippen LogP contribution in [0.5, 0.6) is 0 Å². The third-order valence-electron chi connectivity index (χ3n) is 4.93. The van der Waals surface area contributed by atoms with Crippen LogP contribution in [0.15, 0.2) is 71.2 Å². The van der Waals surface area contributed by atoms with Gasteiger partial charge in [-0.25, -0.2) is 13.1 Å². The summed E-state index contributed by atoms with van der Waals surface area (Å²) in [6.45, 7) is 2.53. The molecule has 2 aromatic heterocycles. The van der Waals surface area contributed by atoms with Crippen LogP contribution in [-0.2, 0) is 10.0 Å². The van der Waals surface area contributed by atoms with Crippen molar-refractivity contribution in [3.05, 3.63) is 71.9 Å². The minimum absolute atomic E-state index is 0.220. The van der Waals surface area contributed by atoms with Gasteiger partial charge >= 0.3 is 0 Å². The zero-order chi connectivity index (χ0) is 21.1. The minimum atomic E-state index is -3.64. The predicted molar refractivity (Wildman–Crippen MR) is 121 cm³/mol. The molecule has 2 heterocycles. The Balaban J connectivity index is 1.33. The number of benzene rings is 2. The van der Waals surface area contributed by atoms with E-state index in [0.29, 0.717) is 13.1 Å². The summed E-state index contributed by atoms with van der Waals surface area (Å²) in [4.78, 5) is 4.26. The lowest BCUT2D eigenvalue weighted by molar-refractivity contribution is 0.174. The molecule has 0 bridgehead atoms. The van der Waals surface area contributed by atoms with Crippen LogP contribution in [0.2, 0.25) is 0 Å². The summed E-state index contributed by atoms with van der Waals surface area (Å²) < 4.78 is 29.3. The van der Waals surface area contributed by atoms with Crippen molar-refractivity contribution in [3.8, 4) is 0 Å². The van der Waals surface area contributed by atoms with E-state index >= 15 is 0 Å². The standard InChI is InChI=1S/C22H23N3O3S2/c1-15(12-24-14-21(26)17-3-5-22-18(10-17)7-9-29-22)25-30(27,28)20-4-2-19-13-23-8-6-16(19)11-20/h2-11,13,15,21,24-26H,12,14H2,1H3/t15-,21?/m1/s1. The summed E-state index contributed by atoms with van der Waals surface area (Å²) in [5, 5.41) is 18.4. The van der Waals surface area contributed by atoms with E-state index in [-0.39, 0.29) is 10.9 Å². The number of aliphatic hydroxyl groups excluding tert-OH is 1. The average Bonchev–Trinajstić information content (AvgIpc) is 3.20. The van der Waals surface area contributed by atoms with Gasteiger partial charge in [-0.05, 0) is 65.0 Å². The first-order chi connectivity index (χ1) is 14.4. The molecule has 0 saturated carbocycles. The number of nitrogens with zero attached hydrogens (tertiary/aromatic N) is 1. The number of fused-ring (bicyclic) bond motifs is 2. The van der Waals surface area contributed by atoms with Gasteiger partial charge in [0.05, 0.1) is 11.0 Å². The summed E-state index contributed by atoms with van der Waals surface area (Å²) in [5.74, 6) is 0. The molecule has 8 heteroatoms. The first-order valence-corrected chi connectivity index (χ1v) is 12.0. The number of thiophene rings is 1. The Kier molecular flexibility index (Phi) is 6.12. The predicted octanol–water partition coefficient (Wildman–Crippen LogP) is 3.44. The molecule has 6 nitrogen and oxygen atoms in total. The molecule has 0 spiro atoms. The van der Waals surface area contributed by atoms with Crippen molar-refractivity contribution in [2.24, 2.45) is 0 Å². The second-order valence-electron chi connectivity index (χ2n) is 7.30. The van der Waals surface area contributed by atoms with Gasteiger partial charge in [-0.2, -0.15) is 0 Å². The molecular weight excluding hydrogens is 418 g/mol. The molecule has 0 saturated heterocycles. The molecule has 4 rings (SSSR count). The molecule has 3 N–H and O–H groups in total. The van der Waals surface area contributed by atoms with Crippen molar-refractivity contribution in [3.63, 3.8) is 0 Å². The number of aliphatic hydroxyl groups is 1. The lowest BCUT2D eigenvalue weighted by Crippen LogP contribution is -2.40. The van der Waals surface area contributed by atoms with Crippen molar-refractivity contribution in [1.82, 2.24) is 15.0 Å². The summed E-state index contributed by atoms with van der Waals surface area (Å²) in [6, 6.07) is 14.4. The Bertz CT molecular complexity index is 1270. The van der Waals surface area contributed by atoms with Crippen molar-refractivity contribution >= 4 is 42.2 Å². The van der Waals surface area contributed by atoms with Crippen molar-refractivity contribution in [2.75, 3.05) is 13.1 Å². The molecule has 0 radical (unpaired) electrons. The van der Waals surface area contributed by atoms with E-state index in [9.17, 15) is 13.5 Å². The SMILES string of the molecule is C[C@H](CNCC(O)c1ccc2sccc2c1)NS(=O)(=O)c1ccc2cnccc2c1. The number of sulfonamides is 1. The zero-order valence-electron chi connectivity index (χ0n) is 16.4. The summed E-state index contributed by atoms with van der Waals surface area (Å²) in [6.07, 6.45) is 2.68. The molecule has 2 atom stereocenters. The van der Waals surface area contributed by atoms with E-state index in [0.717, 1.165) is 21.7 Å². The Labute approximate surface area is 179 Å². The Morgan fingerprint density at radius 3 is 2.77 bits per heavy atom. The fraction of sp³-hybridized carbons (Fsp3) is 0.227. The summed E-state index contributed by atoms with van der Waals surface area (Å²) >= 11 is 1.67. The first kappa shape index (κ1) is 20.9. The molecule has 0 aliphatic carbocycles. The highest BCUT2D eigenvalue weighted by molar-refractivity contribution is 7.89. The third-order valence-corrected chi connectivity index (χ3v) is 7.41. The van der Waals surface area contributed by atoms with Gasteiger partial charge < -0.3 is 10.4 Å². The summed E-state index contributed by atoms with van der Waals surface area (Å²) in [5.41, 5.74) is 0.840. The number of aromatic nitrogens is 1. The molecule has 0 aliphatic heterocycles. The van der Waals surface area contributed by atoms with E-state index in [4.69, 9.17) is 0 Å². The maximum Gasteiger partial charge on any atom is 0.240 e. The topological polar surface area (TPSA) is 91.3 Å². The van der Waals surface area contributed by atoms with Crippen molar-refractivity contribution in [1.29, 1.82) is 0 Å². The lowest BCUT2D eigenvalue weighted by Gasteiger charge is -2.17. The normalized spacial score (nSPS) is 14.2. The van der Waals surface area contributed by atoms with Crippen LogP contribution in [-0.4, -0.2) is 37.6 Å². The zero-order valence-corrected chi connectivity index (χ0v) is 18.1. The highest BCUT2D eigenvalue weighted by Crippen LogP contribution is 2.24. The van der Waals surface area contributed by atoms with Crippen LogP contribution in [0.3, 0.4) is 0 Å². The maximum atomic E-state index is 12.7. The van der Waals surface area contributed by atoms with E-state index in [2.05, 4.69) is 15.0 Å². The van der Waals surface area contributed by atoms with Gasteiger partial charge in [0, 0.05) is 41.6 Å². The van der Waals surface area contributed by atoms with Crippen molar-refractivity contribution < 1.29 is 13.5 Å². The van der Waals surface area contributed by atoms with Crippen LogP contribution >= 0.6 is 11.3 Å². The molecule has 1 unspecified atom stereocenters. The van der Waals surface area contributed by atoms with Gasteiger partial charge in [0.2, 0.25) is 10.0 Å². The fourth-order valence-electron chi connectivity index (χ4n) is 3.35. The molecule has 0 aliphatic rings. The average molecular weight is 442 g/mol. The smallest absolute Gasteiger partial charge is 0.240 e. The number of hydrogen-bond acceptors (Lipinski definition) is 6. The van der Waals surface area contributed by atoms with Crippen LogP contribution < -0.4 is 10.0 Å². The fourth-order valence-corrected chi connectivity index (χ4v) is 5.40. The van der Waals surface area contributed by atoms with Gasteiger partial charge in [0.25, 0.3) is 0 Å². The Hall–Kier alpha value is -2.36. The van der Waals surface area contributed by atoms with E-state index in [1.54, 1.807) is 54.9 Å². The number of pyridine rings is 1. The molecular formula is C22H23N3O3S2. The van der Waals surface area contributed by atoms with Gasteiger partial charge in [-0.15, -0.1) is 11.3 Å². The second kappa shape index (κ2) is 8.79. The lowest BCUT2D eigenvalue weighted by atomic mass is 10.1. The molecule has 4 aromatic rings. The van der Waals surface area contributed by atoms with E-state index in [1.165, 1.54) is 4.70 Å². The molecule has 2 aromatic carbocycles. The number of nitrogens with one attached hydrogen (secondary N) is 2. The molecule has 30 heavy (non-hydrogen) atoms.